The van der Waals surface area contributed by atoms with Gasteiger partial charge in [0.15, 0.2) is 0 Å². The van der Waals surface area contributed by atoms with Gasteiger partial charge < -0.3 is 10.1 Å². The summed E-state index contributed by atoms with van der Waals surface area (Å²) in [5, 5.41) is 3.15. The molecule has 108 valence electrons. The van der Waals surface area contributed by atoms with Crippen LogP contribution in [0.15, 0.2) is 30.3 Å². The molecule has 0 saturated heterocycles. The molecule has 0 fully saturated rings. The standard InChI is InChI=1S/C14H20F3NO/c1-2-18-12(7-6-10-14(15,16)17)11-19-13-8-4-3-5-9-13/h3-5,8-9,12,18H,2,6-7,10-11H2,1H3. The molecule has 19 heavy (non-hydrogen) atoms. The van der Waals surface area contributed by atoms with Crippen LogP contribution in [0.1, 0.15) is 26.2 Å². The molecular weight excluding hydrogens is 255 g/mol. The lowest BCUT2D eigenvalue weighted by Crippen LogP contribution is -2.34. The third kappa shape index (κ3) is 7.72. The van der Waals surface area contributed by atoms with Crippen LogP contribution in [0.25, 0.3) is 0 Å². The lowest BCUT2D eigenvalue weighted by Gasteiger charge is -2.19. The van der Waals surface area contributed by atoms with E-state index in [-0.39, 0.29) is 12.5 Å². The van der Waals surface area contributed by atoms with E-state index in [1.807, 2.05) is 37.3 Å². The lowest BCUT2D eigenvalue weighted by molar-refractivity contribution is -0.135. The zero-order valence-electron chi connectivity index (χ0n) is 11.0. The molecule has 0 aliphatic heterocycles. The molecule has 1 unspecified atom stereocenters. The number of alkyl halides is 3. The van der Waals surface area contributed by atoms with E-state index in [0.29, 0.717) is 13.0 Å². The van der Waals surface area contributed by atoms with Crippen molar-refractivity contribution in [2.45, 2.75) is 38.4 Å². The second kappa shape index (κ2) is 8.04. The lowest BCUT2D eigenvalue weighted by atomic mass is 10.1. The molecule has 0 aliphatic rings. The number of ether oxygens (including phenoxy) is 1. The average Bonchev–Trinajstić information content (AvgIpc) is 2.36. The number of hydrogen-bond donors (Lipinski definition) is 1. The van der Waals surface area contributed by atoms with Gasteiger partial charge in [-0.05, 0) is 31.5 Å². The van der Waals surface area contributed by atoms with Crippen LogP contribution in [-0.4, -0.2) is 25.4 Å². The Morgan fingerprint density at radius 1 is 1.21 bits per heavy atom. The number of halogens is 3. The summed E-state index contributed by atoms with van der Waals surface area (Å²) < 4.78 is 41.8. The van der Waals surface area contributed by atoms with Gasteiger partial charge in [-0.1, -0.05) is 25.1 Å². The molecule has 0 radical (unpaired) electrons. The minimum absolute atomic E-state index is 0.0486. The van der Waals surface area contributed by atoms with Gasteiger partial charge in [0.2, 0.25) is 0 Å². The summed E-state index contributed by atoms with van der Waals surface area (Å²) in [4.78, 5) is 0. The van der Waals surface area contributed by atoms with E-state index in [1.165, 1.54) is 0 Å². The molecule has 0 aliphatic carbocycles. The highest BCUT2D eigenvalue weighted by atomic mass is 19.4. The molecule has 0 spiro atoms. The van der Waals surface area contributed by atoms with Gasteiger partial charge in [0, 0.05) is 12.5 Å². The average molecular weight is 275 g/mol. The first-order chi connectivity index (χ1) is 9.01. The predicted octanol–water partition coefficient (Wildman–Crippen LogP) is 3.78. The van der Waals surface area contributed by atoms with Crippen molar-refractivity contribution >= 4 is 0 Å². The van der Waals surface area contributed by atoms with Crippen molar-refractivity contribution in [2.24, 2.45) is 0 Å². The summed E-state index contributed by atoms with van der Waals surface area (Å²) in [5.74, 6) is 0.737. The SMILES string of the molecule is CCNC(CCCC(F)(F)F)COc1ccccc1. The molecule has 1 aromatic carbocycles. The highest BCUT2D eigenvalue weighted by Crippen LogP contribution is 2.22. The van der Waals surface area contributed by atoms with Gasteiger partial charge in [-0.25, -0.2) is 0 Å². The summed E-state index contributed by atoms with van der Waals surface area (Å²) in [6.45, 7) is 3.03. The van der Waals surface area contributed by atoms with E-state index >= 15 is 0 Å². The van der Waals surface area contributed by atoms with Crippen LogP contribution in [0.3, 0.4) is 0 Å². The Bertz CT molecular complexity index is 340. The largest absolute Gasteiger partial charge is 0.492 e. The maximum atomic E-state index is 12.1. The van der Waals surface area contributed by atoms with E-state index in [2.05, 4.69) is 5.32 Å². The van der Waals surface area contributed by atoms with Crippen LogP contribution in [-0.2, 0) is 0 Å². The smallest absolute Gasteiger partial charge is 0.389 e. The third-order valence-corrected chi connectivity index (χ3v) is 2.70. The van der Waals surface area contributed by atoms with Gasteiger partial charge in [0.25, 0.3) is 0 Å². The summed E-state index contributed by atoms with van der Waals surface area (Å²) in [5.41, 5.74) is 0. The number of para-hydroxylation sites is 1. The van der Waals surface area contributed by atoms with Crippen LogP contribution in [0.2, 0.25) is 0 Å². The number of likely N-dealkylation sites (N-methyl/N-ethyl adjacent to an activating group) is 1. The van der Waals surface area contributed by atoms with E-state index in [0.717, 1.165) is 12.3 Å². The summed E-state index contributed by atoms with van der Waals surface area (Å²) in [6, 6.07) is 9.23. The van der Waals surface area contributed by atoms with Crippen molar-refractivity contribution < 1.29 is 17.9 Å². The molecule has 2 nitrogen and oxygen atoms in total. The zero-order valence-corrected chi connectivity index (χ0v) is 11.0. The van der Waals surface area contributed by atoms with Crippen LogP contribution in [0, 0.1) is 0 Å². The van der Waals surface area contributed by atoms with Crippen molar-refractivity contribution in [3.8, 4) is 5.75 Å². The number of benzene rings is 1. The summed E-state index contributed by atoms with van der Waals surface area (Å²) >= 11 is 0. The Balaban J connectivity index is 2.32. The summed E-state index contributed by atoms with van der Waals surface area (Å²) in [7, 11) is 0. The van der Waals surface area contributed by atoms with E-state index in [4.69, 9.17) is 4.74 Å². The highest BCUT2D eigenvalue weighted by Gasteiger charge is 2.26. The second-order valence-electron chi connectivity index (χ2n) is 4.39. The fraction of sp³-hybridized carbons (Fsp3) is 0.571. The molecule has 0 heterocycles. The Hall–Kier alpha value is -1.23. The maximum Gasteiger partial charge on any atom is 0.389 e. The topological polar surface area (TPSA) is 21.3 Å². The molecule has 0 amide bonds. The second-order valence-corrected chi connectivity index (χ2v) is 4.39. The molecule has 1 aromatic rings. The van der Waals surface area contributed by atoms with E-state index < -0.39 is 12.6 Å². The van der Waals surface area contributed by atoms with Crippen molar-refractivity contribution in [3.05, 3.63) is 30.3 Å². The van der Waals surface area contributed by atoms with Crippen LogP contribution in [0.4, 0.5) is 13.2 Å². The number of hydrogen-bond acceptors (Lipinski definition) is 2. The molecule has 1 atom stereocenters. The van der Waals surface area contributed by atoms with Gasteiger partial charge in [-0.2, -0.15) is 13.2 Å². The van der Waals surface area contributed by atoms with Gasteiger partial charge in [0.05, 0.1) is 0 Å². The first-order valence-electron chi connectivity index (χ1n) is 6.49. The Morgan fingerprint density at radius 2 is 1.89 bits per heavy atom. The van der Waals surface area contributed by atoms with Crippen molar-refractivity contribution in [3.63, 3.8) is 0 Å². The van der Waals surface area contributed by atoms with Crippen LogP contribution in [0.5, 0.6) is 5.75 Å². The fourth-order valence-electron chi connectivity index (χ4n) is 1.80. The van der Waals surface area contributed by atoms with E-state index in [1.54, 1.807) is 0 Å². The van der Waals surface area contributed by atoms with Gasteiger partial charge in [-0.15, -0.1) is 0 Å². The normalized spacial score (nSPS) is 13.3. The van der Waals surface area contributed by atoms with Crippen LogP contribution >= 0.6 is 0 Å². The monoisotopic (exact) mass is 275 g/mol. The quantitative estimate of drug-likeness (QED) is 0.779. The molecule has 5 heteroatoms. The zero-order chi connectivity index (χ0) is 14.1. The minimum Gasteiger partial charge on any atom is -0.492 e. The molecule has 0 bridgehead atoms. The Labute approximate surface area is 112 Å². The molecule has 1 rings (SSSR count). The fourth-order valence-corrected chi connectivity index (χ4v) is 1.80. The van der Waals surface area contributed by atoms with Gasteiger partial charge in [-0.3, -0.25) is 0 Å². The molecule has 1 N–H and O–H groups in total. The Kier molecular flexibility index (Phi) is 6.70. The molecule has 0 aromatic heterocycles. The van der Waals surface area contributed by atoms with E-state index in [9.17, 15) is 13.2 Å². The third-order valence-electron chi connectivity index (χ3n) is 2.70. The van der Waals surface area contributed by atoms with Gasteiger partial charge >= 0.3 is 6.18 Å². The predicted molar refractivity (Wildman–Crippen MR) is 69.3 cm³/mol. The number of rotatable bonds is 8. The molecule has 0 saturated carbocycles. The highest BCUT2D eigenvalue weighted by molar-refractivity contribution is 5.20. The summed E-state index contributed by atoms with van der Waals surface area (Å²) in [6.07, 6.45) is -4.23. The van der Waals surface area contributed by atoms with Crippen molar-refractivity contribution in [2.75, 3.05) is 13.2 Å². The van der Waals surface area contributed by atoms with Crippen LogP contribution < -0.4 is 10.1 Å². The Morgan fingerprint density at radius 3 is 2.47 bits per heavy atom. The number of nitrogens with one attached hydrogen (secondary N) is 1. The first-order valence-corrected chi connectivity index (χ1v) is 6.49. The maximum absolute atomic E-state index is 12.1. The van der Waals surface area contributed by atoms with Gasteiger partial charge in [0.1, 0.15) is 12.4 Å². The van der Waals surface area contributed by atoms with Crippen molar-refractivity contribution in [1.29, 1.82) is 0 Å². The van der Waals surface area contributed by atoms with Crippen molar-refractivity contribution in [1.82, 2.24) is 5.32 Å². The molecular formula is C14H20F3NO. The first kappa shape index (κ1) is 15.8. The minimum atomic E-state index is -4.07.